The molecule has 2 heterocycles. The van der Waals surface area contributed by atoms with Crippen LogP contribution in [0.4, 0.5) is 0 Å². The first kappa shape index (κ1) is 17.8. The van der Waals surface area contributed by atoms with Crippen molar-refractivity contribution in [3.8, 4) is 16.9 Å². The molecule has 0 spiro atoms. The Morgan fingerprint density at radius 3 is 2.81 bits per heavy atom. The number of methoxy groups -OCH3 is 1. The Bertz CT molecular complexity index is 1200. The van der Waals surface area contributed by atoms with Crippen LogP contribution in [0, 0.1) is 6.92 Å². The molecule has 0 unspecified atom stereocenters. The molecule has 2 aromatic carbocycles. The summed E-state index contributed by atoms with van der Waals surface area (Å²) < 4.78 is 5.39. The predicted molar refractivity (Wildman–Crippen MR) is 111 cm³/mol. The average Bonchev–Trinajstić information content (AvgIpc) is 3.09. The van der Waals surface area contributed by atoms with Crippen LogP contribution in [0.15, 0.2) is 52.6 Å². The Morgan fingerprint density at radius 2 is 2.04 bits per heavy atom. The fourth-order valence-corrected chi connectivity index (χ4v) is 4.22. The largest absolute Gasteiger partial charge is 0.496 e. The number of aromatic nitrogens is 2. The van der Waals surface area contributed by atoms with Crippen molar-refractivity contribution in [2.24, 2.45) is 0 Å². The summed E-state index contributed by atoms with van der Waals surface area (Å²) in [5.74, 6) is 1.40. The van der Waals surface area contributed by atoms with E-state index < -0.39 is 0 Å². The molecule has 0 amide bonds. The van der Waals surface area contributed by atoms with Crippen LogP contribution in [0.25, 0.3) is 21.3 Å². The topological polar surface area (TPSA) is 55.0 Å². The number of fused-ring (bicyclic) bond motifs is 1. The average molecular weight is 397 g/mol. The van der Waals surface area contributed by atoms with E-state index in [1.165, 1.54) is 11.3 Å². The maximum atomic E-state index is 12.8. The summed E-state index contributed by atoms with van der Waals surface area (Å²) >= 11 is 7.60. The third-order valence-corrected chi connectivity index (χ3v) is 5.81. The molecule has 0 aliphatic heterocycles. The van der Waals surface area contributed by atoms with E-state index in [1.807, 2.05) is 54.8 Å². The zero-order valence-corrected chi connectivity index (χ0v) is 16.4. The number of hydrogen-bond acceptors (Lipinski definition) is 4. The second kappa shape index (κ2) is 7.18. The van der Waals surface area contributed by atoms with Crippen LogP contribution in [0.2, 0.25) is 5.02 Å². The summed E-state index contributed by atoms with van der Waals surface area (Å²) in [5.41, 5.74) is 3.67. The highest BCUT2D eigenvalue weighted by Gasteiger charge is 2.14. The molecule has 0 saturated carbocycles. The van der Waals surface area contributed by atoms with Gasteiger partial charge in [-0.25, -0.2) is 4.98 Å². The minimum atomic E-state index is -0.131. The van der Waals surface area contributed by atoms with E-state index in [9.17, 15) is 4.79 Å². The molecule has 2 aromatic heterocycles. The number of aryl methyl sites for hydroxylation is 1. The normalized spacial score (nSPS) is 11.1. The van der Waals surface area contributed by atoms with Crippen molar-refractivity contribution in [2.75, 3.05) is 7.11 Å². The van der Waals surface area contributed by atoms with Gasteiger partial charge in [0.1, 0.15) is 16.4 Å². The molecule has 4 nitrogen and oxygen atoms in total. The number of rotatable bonds is 4. The van der Waals surface area contributed by atoms with Crippen LogP contribution >= 0.6 is 22.9 Å². The molecule has 6 heteroatoms. The van der Waals surface area contributed by atoms with Crippen molar-refractivity contribution in [1.29, 1.82) is 0 Å². The number of H-pyrrole nitrogens is 1. The molecule has 0 aliphatic rings. The van der Waals surface area contributed by atoms with E-state index in [0.717, 1.165) is 32.8 Å². The van der Waals surface area contributed by atoms with Crippen LogP contribution in [0.3, 0.4) is 0 Å². The zero-order valence-electron chi connectivity index (χ0n) is 14.9. The Morgan fingerprint density at radius 1 is 1.22 bits per heavy atom. The fraction of sp³-hybridized carbons (Fsp3) is 0.143. The lowest BCUT2D eigenvalue weighted by molar-refractivity contribution is 0.410. The molecule has 4 aromatic rings. The lowest BCUT2D eigenvalue weighted by atomic mass is 10.0. The Labute approximate surface area is 165 Å². The first-order chi connectivity index (χ1) is 13.1. The molecule has 0 aliphatic carbocycles. The molecule has 136 valence electrons. The van der Waals surface area contributed by atoms with Crippen molar-refractivity contribution >= 4 is 33.2 Å². The first-order valence-electron chi connectivity index (χ1n) is 8.45. The highest BCUT2D eigenvalue weighted by Crippen LogP contribution is 2.33. The van der Waals surface area contributed by atoms with Crippen molar-refractivity contribution in [2.45, 2.75) is 13.3 Å². The molecule has 0 atom stereocenters. The number of nitrogens with one attached hydrogen (secondary N) is 1. The van der Waals surface area contributed by atoms with E-state index >= 15 is 0 Å². The molecular formula is C21H17ClN2O2S. The number of benzene rings is 2. The number of hydrogen-bond donors (Lipinski definition) is 1. The molecule has 4 rings (SSSR count). The number of thiophene rings is 1. The van der Waals surface area contributed by atoms with Gasteiger partial charge in [-0.2, -0.15) is 0 Å². The number of nitrogens with zero attached hydrogens (tertiary/aromatic N) is 1. The number of ether oxygens (including phenoxy) is 1. The highest BCUT2D eigenvalue weighted by atomic mass is 35.5. The van der Waals surface area contributed by atoms with E-state index in [0.29, 0.717) is 22.7 Å². The molecule has 0 saturated heterocycles. The van der Waals surface area contributed by atoms with Gasteiger partial charge in [0.15, 0.2) is 0 Å². The third kappa shape index (κ3) is 3.36. The summed E-state index contributed by atoms with van der Waals surface area (Å²) in [7, 11) is 1.64. The van der Waals surface area contributed by atoms with Crippen LogP contribution in [0.1, 0.15) is 17.0 Å². The van der Waals surface area contributed by atoms with Gasteiger partial charge >= 0.3 is 0 Å². The highest BCUT2D eigenvalue weighted by molar-refractivity contribution is 7.17. The summed E-state index contributed by atoms with van der Waals surface area (Å²) in [6, 6.07) is 13.5. The third-order valence-electron chi connectivity index (χ3n) is 4.51. The Hall–Kier alpha value is -2.63. The number of halogens is 1. The molecule has 1 N–H and O–H groups in total. The predicted octanol–water partition coefficient (Wildman–Crippen LogP) is 5.21. The van der Waals surface area contributed by atoms with E-state index in [2.05, 4.69) is 9.97 Å². The number of aromatic amines is 1. The maximum absolute atomic E-state index is 12.8. The molecule has 0 fully saturated rings. The van der Waals surface area contributed by atoms with Crippen molar-refractivity contribution in [3.05, 3.63) is 80.2 Å². The second-order valence-electron chi connectivity index (χ2n) is 6.29. The number of para-hydroxylation sites is 1. The molecule has 0 radical (unpaired) electrons. The molecular weight excluding hydrogens is 380 g/mol. The molecule has 27 heavy (non-hydrogen) atoms. The summed E-state index contributed by atoms with van der Waals surface area (Å²) in [6.07, 6.45) is 0.502. The molecule has 0 bridgehead atoms. The lowest BCUT2D eigenvalue weighted by Crippen LogP contribution is -2.12. The monoisotopic (exact) mass is 396 g/mol. The van der Waals surface area contributed by atoms with E-state index in [4.69, 9.17) is 16.3 Å². The van der Waals surface area contributed by atoms with Gasteiger partial charge in [-0.1, -0.05) is 35.9 Å². The van der Waals surface area contributed by atoms with Crippen LogP contribution in [0.5, 0.6) is 5.75 Å². The summed E-state index contributed by atoms with van der Waals surface area (Å²) in [6.45, 7) is 1.95. The minimum absolute atomic E-state index is 0.131. The van der Waals surface area contributed by atoms with Crippen LogP contribution in [-0.2, 0) is 6.42 Å². The SMILES string of the molecule is COc1ccccc1Cc1nc2scc(-c3ccc(Cl)c(C)c3)c2c(=O)[nH]1. The van der Waals surface area contributed by atoms with Gasteiger partial charge in [0.2, 0.25) is 0 Å². The quantitative estimate of drug-likeness (QED) is 0.515. The van der Waals surface area contributed by atoms with Gasteiger partial charge in [0, 0.05) is 28.0 Å². The standard InChI is InChI=1S/C21H17ClN2O2S/c1-12-9-13(7-8-16(12)22)15-11-27-21-19(15)20(25)23-18(24-21)10-14-5-3-4-6-17(14)26-2/h3-9,11H,10H2,1-2H3,(H,23,24,25). The van der Waals surface area contributed by atoms with Crippen molar-refractivity contribution in [3.63, 3.8) is 0 Å². The van der Waals surface area contributed by atoms with Gasteiger partial charge in [-0.15, -0.1) is 11.3 Å². The van der Waals surface area contributed by atoms with Gasteiger partial charge in [-0.3, -0.25) is 4.79 Å². The Kier molecular flexibility index (Phi) is 4.72. The maximum Gasteiger partial charge on any atom is 0.260 e. The van der Waals surface area contributed by atoms with E-state index in [1.54, 1.807) is 7.11 Å². The lowest BCUT2D eigenvalue weighted by Gasteiger charge is -2.08. The van der Waals surface area contributed by atoms with Crippen molar-refractivity contribution in [1.82, 2.24) is 9.97 Å². The van der Waals surface area contributed by atoms with Crippen LogP contribution in [-0.4, -0.2) is 17.1 Å². The van der Waals surface area contributed by atoms with Gasteiger partial charge in [-0.05, 0) is 36.2 Å². The minimum Gasteiger partial charge on any atom is -0.496 e. The second-order valence-corrected chi connectivity index (χ2v) is 7.56. The van der Waals surface area contributed by atoms with Gasteiger partial charge in [0.05, 0.1) is 12.5 Å². The fourth-order valence-electron chi connectivity index (χ4n) is 3.13. The zero-order chi connectivity index (χ0) is 19.0. The first-order valence-corrected chi connectivity index (χ1v) is 9.71. The van der Waals surface area contributed by atoms with Gasteiger partial charge < -0.3 is 9.72 Å². The Balaban J connectivity index is 1.78. The van der Waals surface area contributed by atoms with Gasteiger partial charge in [0.25, 0.3) is 5.56 Å². The summed E-state index contributed by atoms with van der Waals surface area (Å²) in [4.78, 5) is 21.1. The summed E-state index contributed by atoms with van der Waals surface area (Å²) in [5, 5.41) is 3.30. The van der Waals surface area contributed by atoms with E-state index in [-0.39, 0.29) is 5.56 Å². The van der Waals surface area contributed by atoms with Crippen molar-refractivity contribution < 1.29 is 4.74 Å². The smallest absolute Gasteiger partial charge is 0.260 e. The van der Waals surface area contributed by atoms with Crippen LogP contribution < -0.4 is 10.3 Å².